The van der Waals surface area contributed by atoms with Crippen molar-refractivity contribution in [1.82, 2.24) is 19.8 Å². The molecule has 0 aliphatic heterocycles. The molecule has 2 aromatic heterocycles. The van der Waals surface area contributed by atoms with E-state index >= 15 is 0 Å². The van der Waals surface area contributed by atoms with Crippen LogP contribution in [0.2, 0.25) is 5.02 Å². The minimum absolute atomic E-state index is 0.0515. The van der Waals surface area contributed by atoms with Crippen LogP contribution in [0, 0.1) is 0 Å². The van der Waals surface area contributed by atoms with Crippen LogP contribution in [0.15, 0.2) is 72.2 Å². The Balaban J connectivity index is 1.40. The maximum absolute atomic E-state index is 13.2. The van der Waals surface area contributed by atoms with E-state index in [9.17, 15) is 22.8 Å². The summed E-state index contributed by atoms with van der Waals surface area (Å²) in [6, 6.07) is 15.6. The Morgan fingerprint density at radius 3 is 2.64 bits per heavy atom. The van der Waals surface area contributed by atoms with Crippen molar-refractivity contribution >= 4 is 34.8 Å². The second kappa shape index (κ2) is 12.5. The molecular weight excluding hydrogens is 549 g/mol. The minimum Gasteiger partial charge on any atom is -0.347 e. The van der Waals surface area contributed by atoms with E-state index in [1.165, 1.54) is 23.5 Å². The molecule has 1 N–H and O–H groups in total. The zero-order chi connectivity index (χ0) is 28.0. The van der Waals surface area contributed by atoms with Crippen LogP contribution in [0.25, 0.3) is 0 Å². The highest BCUT2D eigenvalue weighted by Crippen LogP contribution is 2.29. The van der Waals surface area contributed by atoms with Crippen LogP contribution in [0.5, 0.6) is 0 Å². The van der Waals surface area contributed by atoms with Crippen molar-refractivity contribution in [1.29, 1.82) is 0 Å². The van der Waals surface area contributed by atoms with Gasteiger partial charge in [-0.2, -0.15) is 13.2 Å². The molecular formula is C28H26ClF3N4O2S. The van der Waals surface area contributed by atoms with Crippen LogP contribution in [-0.4, -0.2) is 32.8 Å². The summed E-state index contributed by atoms with van der Waals surface area (Å²) in [5.41, 5.74) is 1.12. The summed E-state index contributed by atoms with van der Waals surface area (Å²) < 4.78 is 40.8. The maximum atomic E-state index is 13.2. The molecule has 2 aromatic carbocycles. The van der Waals surface area contributed by atoms with Gasteiger partial charge in [-0.1, -0.05) is 42.8 Å². The molecule has 11 heteroatoms. The number of aromatic nitrogens is 2. The third-order valence-electron chi connectivity index (χ3n) is 5.96. The minimum atomic E-state index is -4.45. The van der Waals surface area contributed by atoms with Crippen LogP contribution in [-0.2, 0) is 25.8 Å². The molecule has 4 aromatic rings. The molecule has 0 fully saturated rings. The fraction of sp³-hybridized carbons (Fsp3) is 0.250. The van der Waals surface area contributed by atoms with Gasteiger partial charge in [0.1, 0.15) is 10.7 Å². The first-order chi connectivity index (χ1) is 18.7. The number of rotatable bonds is 10. The highest BCUT2D eigenvalue weighted by atomic mass is 35.5. The van der Waals surface area contributed by atoms with Gasteiger partial charge in [-0.3, -0.25) is 9.59 Å². The number of alkyl halides is 3. The van der Waals surface area contributed by atoms with E-state index in [1.807, 2.05) is 29.8 Å². The molecule has 0 aliphatic carbocycles. The predicted molar refractivity (Wildman–Crippen MR) is 145 cm³/mol. The van der Waals surface area contributed by atoms with Crippen molar-refractivity contribution in [3.05, 3.63) is 110 Å². The Bertz CT molecular complexity index is 1450. The van der Waals surface area contributed by atoms with E-state index in [0.717, 1.165) is 24.2 Å². The number of nitrogens with one attached hydrogen (secondary N) is 1. The number of benzene rings is 2. The monoisotopic (exact) mass is 574 g/mol. The first kappa shape index (κ1) is 28.4. The van der Waals surface area contributed by atoms with Crippen LogP contribution in [0.4, 0.5) is 13.2 Å². The van der Waals surface area contributed by atoms with Gasteiger partial charge < -0.3 is 14.8 Å². The Morgan fingerprint density at radius 2 is 1.90 bits per heavy atom. The van der Waals surface area contributed by atoms with Gasteiger partial charge in [0, 0.05) is 30.4 Å². The summed E-state index contributed by atoms with van der Waals surface area (Å²) in [6.45, 7) is 3.28. The lowest BCUT2D eigenvalue weighted by atomic mass is 10.1. The number of carbonyl (C=O) groups is 2. The van der Waals surface area contributed by atoms with E-state index in [0.29, 0.717) is 40.8 Å². The Labute approximate surface area is 233 Å². The number of carbonyl (C=O) groups excluding carboxylic acids is 2. The van der Waals surface area contributed by atoms with Crippen LogP contribution < -0.4 is 5.32 Å². The molecule has 0 aliphatic rings. The molecule has 2 heterocycles. The van der Waals surface area contributed by atoms with Crippen molar-refractivity contribution in [2.24, 2.45) is 0 Å². The third kappa shape index (κ3) is 7.27. The van der Waals surface area contributed by atoms with Gasteiger partial charge >= 0.3 is 6.18 Å². The number of thiazole rings is 1. The van der Waals surface area contributed by atoms with Gasteiger partial charge in [0.2, 0.25) is 0 Å². The van der Waals surface area contributed by atoms with E-state index in [2.05, 4.69) is 10.3 Å². The number of amides is 2. The lowest BCUT2D eigenvalue weighted by Crippen LogP contribution is -2.32. The SMILES string of the molecule is CCCN(Cc1cccn1Cc1nc(C(=O)NCc2cccc(C(F)(F)F)c2)cs1)C(=O)c1ccccc1Cl. The topological polar surface area (TPSA) is 67.2 Å². The molecule has 204 valence electrons. The molecule has 6 nitrogen and oxygen atoms in total. The third-order valence-corrected chi connectivity index (χ3v) is 7.12. The molecule has 0 unspecified atom stereocenters. The number of hydrogen-bond donors (Lipinski definition) is 1. The molecule has 0 radical (unpaired) electrons. The quantitative estimate of drug-likeness (QED) is 0.231. The summed E-state index contributed by atoms with van der Waals surface area (Å²) in [7, 11) is 0. The molecule has 0 saturated carbocycles. The lowest BCUT2D eigenvalue weighted by Gasteiger charge is -2.23. The van der Waals surface area contributed by atoms with Crippen molar-refractivity contribution in [3.8, 4) is 0 Å². The summed E-state index contributed by atoms with van der Waals surface area (Å²) in [6.07, 6.45) is -1.78. The van der Waals surface area contributed by atoms with Crippen LogP contribution in [0.1, 0.15) is 56.0 Å². The van der Waals surface area contributed by atoms with E-state index in [-0.39, 0.29) is 18.1 Å². The standard InChI is InChI=1S/C28H26ClF3N4O2S/c1-2-12-36(27(38)22-10-3-4-11-23(22)29)16-21-9-6-13-35(21)17-25-34-24(18-39-25)26(37)33-15-19-7-5-8-20(14-19)28(30,31)32/h3-11,13-14,18H,2,12,15-17H2,1H3,(H,33,37). The van der Waals surface area contributed by atoms with Crippen molar-refractivity contribution in [2.45, 2.75) is 39.2 Å². The Hall–Kier alpha value is -3.63. The highest BCUT2D eigenvalue weighted by molar-refractivity contribution is 7.09. The molecule has 4 rings (SSSR count). The smallest absolute Gasteiger partial charge is 0.347 e. The fourth-order valence-electron chi connectivity index (χ4n) is 4.03. The zero-order valence-corrected chi connectivity index (χ0v) is 22.6. The second-order valence-electron chi connectivity index (χ2n) is 8.84. The molecule has 0 atom stereocenters. The van der Waals surface area contributed by atoms with E-state index in [4.69, 9.17) is 11.6 Å². The first-order valence-electron chi connectivity index (χ1n) is 12.2. The Morgan fingerprint density at radius 1 is 1.10 bits per heavy atom. The van der Waals surface area contributed by atoms with E-state index in [1.54, 1.807) is 34.5 Å². The van der Waals surface area contributed by atoms with Crippen molar-refractivity contribution in [3.63, 3.8) is 0 Å². The maximum Gasteiger partial charge on any atom is 0.416 e. The molecule has 39 heavy (non-hydrogen) atoms. The average Bonchev–Trinajstić information content (AvgIpc) is 3.56. The second-order valence-corrected chi connectivity index (χ2v) is 10.2. The van der Waals surface area contributed by atoms with Gasteiger partial charge in [-0.25, -0.2) is 4.98 Å². The average molecular weight is 575 g/mol. The summed E-state index contributed by atoms with van der Waals surface area (Å²) in [5.74, 6) is -0.619. The normalized spacial score (nSPS) is 11.4. The summed E-state index contributed by atoms with van der Waals surface area (Å²) in [5, 5.41) is 5.32. The van der Waals surface area contributed by atoms with Crippen molar-refractivity contribution in [2.75, 3.05) is 6.54 Å². The largest absolute Gasteiger partial charge is 0.416 e. The lowest BCUT2D eigenvalue weighted by molar-refractivity contribution is -0.137. The fourth-order valence-corrected chi connectivity index (χ4v) is 5.02. The number of hydrogen-bond acceptors (Lipinski definition) is 4. The summed E-state index contributed by atoms with van der Waals surface area (Å²) in [4.78, 5) is 31.9. The van der Waals surface area contributed by atoms with Gasteiger partial charge in [-0.05, 0) is 48.4 Å². The summed E-state index contributed by atoms with van der Waals surface area (Å²) >= 11 is 7.56. The zero-order valence-electron chi connectivity index (χ0n) is 21.0. The van der Waals surface area contributed by atoms with Crippen molar-refractivity contribution < 1.29 is 22.8 Å². The van der Waals surface area contributed by atoms with E-state index < -0.39 is 17.6 Å². The first-order valence-corrected chi connectivity index (χ1v) is 13.5. The van der Waals surface area contributed by atoms with Crippen LogP contribution in [0.3, 0.4) is 0 Å². The number of halogens is 4. The molecule has 0 spiro atoms. The molecule has 0 saturated heterocycles. The van der Waals surface area contributed by atoms with Gasteiger partial charge in [0.25, 0.3) is 11.8 Å². The Kier molecular flexibility index (Phi) is 9.08. The predicted octanol–water partition coefficient (Wildman–Crippen LogP) is 6.65. The van der Waals surface area contributed by atoms with Gasteiger partial charge in [0.05, 0.1) is 29.2 Å². The molecule has 0 bridgehead atoms. The van der Waals surface area contributed by atoms with Gasteiger partial charge in [-0.15, -0.1) is 11.3 Å². The number of nitrogens with zero attached hydrogens (tertiary/aromatic N) is 3. The highest BCUT2D eigenvalue weighted by Gasteiger charge is 2.30. The molecule has 2 amide bonds. The van der Waals surface area contributed by atoms with Gasteiger partial charge in [0.15, 0.2) is 0 Å². The van der Waals surface area contributed by atoms with Crippen LogP contribution >= 0.6 is 22.9 Å².